The van der Waals surface area contributed by atoms with Crippen molar-refractivity contribution in [2.45, 2.75) is 44.6 Å². The van der Waals surface area contributed by atoms with E-state index in [-0.39, 0.29) is 23.3 Å². The van der Waals surface area contributed by atoms with E-state index in [0.29, 0.717) is 55.3 Å². The number of rotatable bonds is 4. The summed E-state index contributed by atoms with van der Waals surface area (Å²) >= 11 is 0. The highest BCUT2D eigenvalue weighted by Crippen LogP contribution is 2.30. The molecule has 1 atom stereocenters. The highest BCUT2D eigenvalue weighted by atomic mass is 32.2. The number of sulfonamides is 1. The summed E-state index contributed by atoms with van der Waals surface area (Å²) in [7, 11) is -3.79. The average molecular weight is 481 g/mol. The summed E-state index contributed by atoms with van der Waals surface area (Å²) in [5.41, 5.74) is 3.68. The van der Waals surface area contributed by atoms with Gasteiger partial charge in [-0.3, -0.25) is 4.79 Å². The Balaban J connectivity index is 1.36. The van der Waals surface area contributed by atoms with Crippen molar-refractivity contribution in [3.8, 4) is 11.4 Å². The molecule has 8 nitrogen and oxygen atoms in total. The number of aromatic nitrogens is 2. The predicted molar refractivity (Wildman–Crippen MR) is 126 cm³/mol. The van der Waals surface area contributed by atoms with Crippen LogP contribution in [0.1, 0.15) is 35.4 Å². The fraction of sp³-hybridized carbons (Fsp3) is 0.400. The van der Waals surface area contributed by atoms with Crippen LogP contribution in [0.4, 0.5) is 0 Å². The van der Waals surface area contributed by atoms with E-state index in [1.165, 1.54) is 15.4 Å². The standard InChI is InChI=1S/C25H28N4O4S/c1-17-9-10-20(24-26-18(2)33-27-24)14-23(17)34(31,32)29-12-5-8-22(16-29)25(30)28-13-11-19-6-3-4-7-21(19)15-28/h3-4,6-7,9-10,14,22H,5,8,11-13,15-16H2,1-2H3. The fourth-order valence-corrected chi connectivity index (χ4v) is 6.65. The molecule has 1 aromatic heterocycles. The molecular weight excluding hydrogens is 452 g/mol. The van der Waals surface area contributed by atoms with Crippen molar-refractivity contribution >= 4 is 15.9 Å². The van der Waals surface area contributed by atoms with E-state index >= 15 is 0 Å². The first kappa shape index (κ1) is 22.7. The van der Waals surface area contributed by atoms with Crippen LogP contribution in [0.5, 0.6) is 0 Å². The van der Waals surface area contributed by atoms with Gasteiger partial charge in [0, 0.05) is 38.7 Å². The van der Waals surface area contributed by atoms with Crippen LogP contribution in [0.15, 0.2) is 51.9 Å². The molecule has 1 saturated heterocycles. The maximum atomic E-state index is 13.6. The summed E-state index contributed by atoms with van der Waals surface area (Å²) in [5, 5.41) is 3.91. The monoisotopic (exact) mass is 480 g/mol. The van der Waals surface area contributed by atoms with Gasteiger partial charge >= 0.3 is 0 Å². The number of piperidine rings is 1. The van der Waals surface area contributed by atoms with E-state index in [1.54, 1.807) is 32.0 Å². The Labute approximate surface area is 199 Å². The number of amides is 1. The number of carbonyl (C=O) groups is 1. The number of hydrogen-bond acceptors (Lipinski definition) is 6. The largest absolute Gasteiger partial charge is 0.339 e. The second kappa shape index (κ2) is 8.96. The van der Waals surface area contributed by atoms with Crippen LogP contribution < -0.4 is 0 Å². The van der Waals surface area contributed by atoms with Gasteiger partial charge in [0.05, 0.1) is 10.8 Å². The third kappa shape index (κ3) is 4.25. The van der Waals surface area contributed by atoms with Gasteiger partial charge in [0.2, 0.25) is 27.6 Å². The van der Waals surface area contributed by atoms with Crippen molar-refractivity contribution in [2.24, 2.45) is 5.92 Å². The molecule has 0 saturated carbocycles. The SMILES string of the molecule is Cc1nc(-c2ccc(C)c(S(=O)(=O)N3CCCC(C(=O)N4CCc5ccccc5C4)C3)c2)no1. The van der Waals surface area contributed by atoms with Gasteiger partial charge in [-0.2, -0.15) is 9.29 Å². The first-order valence-electron chi connectivity index (χ1n) is 11.6. The first-order valence-corrected chi connectivity index (χ1v) is 13.0. The van der Waals surface area contributed by atoms with Gasteiger partial charge < -0.3 is 9.42 Å². The average Bonchev–Trinajstić information content (AvgIpc) is 3.29. The van der Waals surface area contributed by atoms with E-state index in [2.05, 4.69) is 22.3 Å². The Morgan fingerprint density at radius 3 is 2.65 bits per heavy atom. The quantitative estimate of drug-likeness (QED) is 0.568. The van der Waals surface area contributed by atoms with Gasteiger partial charge in [-0.1, -0.05) is 41.6 Å². The predicted octanol–water partition coefficient (Wildman–Crippen LogP) is 3.34. The van der Waals surface area contributed by atoms with E-state index in [0.717, 1.165) is 6.42 Å². The highest BCUT2D eigenvalue weighted by molar-refractivity contribution is 7.89. The summed E-state index contributed by atoms with van der Waals surface area (Å²) in [6.45, 7) is 5.32. The molecule has 1 fully saturated rings. The summed E-state index contributed by atoms with van der Waals surface area (Å²) < 4.78 is 33.8. The molecule has 0 aliphatic carbocycles. The van der Waals surface area contributed by atoms with Gasteiger partial charge in [-0.15, -0.1) is 0 Å². The molecule has 0 radical (unpaired) electrons. The lowest BCUT2D eigenvalue weighted by Gasteiger charge is -2.36. The molecule has 0 spiro atoms. The van der Waals surface area contributed by atoms with Crippen LogP contribution in [0.3, 0.4) is 0 Å². The number of hydrogen-bond donors (Lipinski definition) is 0. The zero-order valence-electron chi connectivity index (χ0n) is 19.4. The number of nitrogens with zero attached hydrogens (tertiary/aromatic N) is 4. The number of aryl methyl sites for hydroxylation is 2. The molecule has 1 unspecified atom stereocenters. The summed E-state index contributed by atoms with van der Waals surface area (Å²) in [5.74, 6) is 0.475. The Hall–Kier alpha value is -3.04. The van der Waals surface area contributed by atoms with Gasteiger partial charge in [0.25, 0.3) is 0 Å². The van der Waals surface area contributed by atoms with Crippen molar-refractivity contribution in [3.63, 3.8) is 0 Å². The highest BCUT2D eigenvalue weighted by Gasteiger charge is 2.36. The van der Waals surface area contributed by atoms with Crippen LogP contribution in [-0.4, -0.2) is 53.3 Å². The Kier molecular flexibility index (Phi) is 5.99. The molecule has 0 bridgehead atoms. The summed E-state index contributed by atoms with van der Waals surface area (Å²) in [4.78, 5) is 19.7. The lowest BCUT2D eigenvalue weighted by atomic mass is 9.95. The van der Waals surface area contributed by atoms with E-state index < -0.39 is 10.0 Å². The van der Waals surface area contributed by atoms with Gasteiger partial charge in [0.1, 0.15) is 0 Å². The molecule has 1 amide bonds. The molecule has 34 heavy (non-hydrogen) atoms. The van der Waals surface area contributed by atoms with Gasteiger partial charge in [0.15, 0.2) is 0 Å². The first-order chi connectivity index (χ1) is 16.3. The van der Waals surface area contributed by atoms with Crippen LogP contribution in [-0.2, 0) is 27.8 Å². The molecular formula is C25H28N4O4S. The van der Waals surface area contributed by atoms with Crippen molar-refractivity contribution in [3.05, 3.63) is 65.0 Å². The Bertz CT molecular complexity index is 1330. The zero-order valence-corrected chi connectivity index (χ0v) is 20.2. The molecule has 2 aliphatic rings. The Morgan fingerprint density at radius 2 is 1.88 bits per heavy atom. The van der Waals surface area contributed by atoms with Crippen LogP contribution in [0, 0.1) is 19.8 Å². The normalized spacial score (nSPS) is 19.1. The van der Waals surface area contributed by atoms with Gasteiger partial charge in [-0.25, -0.2) is 8.42 Å². The molecule has 2 aliphatic heterocycles. The summed E-state index contributed by atoms with van der Waals surface area (Å²) in [6.07, 6.45) is 2.19. The lowest BCUT2D eigenvalue weighted by molar-refractivity contribution is -0.137. The van der Waals surface area contributed by atoms with Gasteiger partial charge in [-0.05, 0) is 48.9 Å². The molecule has 2 aromatic carbocycles. The number of carbonyl (C=O) groups excluding carboxylic acids is 1. The van der Waals surface area contributed by atoms with E-state index in [9.17, 15) is 13.2 Å². The topological polar surface area (TPSA) is 96.6 Å². The maximum absolute atomic E-state index is 13.6. The van der Waals surface area contributed by atoms with Crippen LogP contribution in [0.25, 0.3) is 11.4 Å². The summed E-state index contributed by atoms with van der Waals surface area (Å²) in [6, 6.07) is 13.3. The third-order valence-electron chi connectivity index (χ3n) is 6.77. The molecule has 0 N–H and O–H groups in total. The fourth-order valence-electron chi connectivity index (χ4n) is 4.88. The van der Waals surface area contributed by atoms with Crippen LogP contribution >= 0.6 is 0 Å². The molecule has 5 rings (SSSR count). The van der Waals surface area contributed by atoms with E-state index in [4.69, 9.17) is 4.52 Å². The van der Waals surface area contributed by atoms with Crippen LogP contribution in [0.2, 0.25) is 0 Å². The zero-order chi connectivity index (χ0) is 23.9. The minimum absolute atomic E-state index is 0.0437. The van der Waals surface area contributed by atoms with Crippen molar-refractivity contribution in [2.75, 3.05) is 19.6 Å². The number of fused-ring (bicyclic) bond motifs is 1. The second-order valence-corrected chi connectivity index (χ2v) is 11.0. The van der Waals surface area contributed by atoms with Crippen molar-refractivity contribution < 1.29 is 17.7 Å². The number of benzene rings is 2. The lowest BCUT2D eigenvalue weighted by Crippen LogP contribution is -2.47. The Morgan fingerprint density at radius 1 is 1.09 bits per heavy atom. The molecule has 9 heteroatoms. The second-order valence-electron chi connectivity index (χ2n) is 9.10. The maximum Gasteiger partial charge on any atom is 0.243 e. The third-order valence-corrected chi connectivity index (χ3v) is 8.77. The minimum Gasteiger partial charge on any atom is -0.339 e. The minimum atomic E-state index is -3.79. The van der Waals surface area contributed by atoms with E-state index in [1.807, 2.05) is 17.0 Å². The van der Waals surface area contributed by atoms with Crippen molar-refractivity contribution in [1.82, 2.24) is 19.3 Å². The molecule has 3 heterocycles. The molecule has 178 valence electrons. The smallest absolute Gasteiger partial charge is 0.243 e. The molecule has 3 aromatic rings. The van der Waals surface area contributed by atoms with Crippen molar-refractivity contribution in [1.29, 1.82) is 0 Å².